The van der Waals surface area contributed by atoms with Crippen molar-refractivity contribution in [2.75, 3.05) is 21.0 Å². The van der Waals surface area contributed by atoms with E-state index in [2.05, 4.69) is 4.74 Å². The van der Waals surface area contributed by atoms with E-state index in [1.807, 2.05) is 0 Å². The van der Waals surface area contributed by atoms with E-state index in [1.165, 1.54) is 20.3 Å². The van der Waals surface area contributed by atoms with Crippen molar-refractivity contribution in [2.45, 2.75) is 0 Å². The number of carbonyl (C=O) groups excluding carboxylic acids is 1. The van der Waals surface area contributed by atoms with E-state index in [4.69, 9.17) is 9.47 Å². The topological polar surface area (TPSA) is 44.8 Å². The normalized spacial score (nSPS) is 9.80. The lowest BCUT2D eigenvalue weighted by atomic mass is 10.2. The van der Waals surface area contributed by atoms with Crippen molar-refractivity contribution in [2.24, 2.45) is 0 Å². The van der Waals surface area contributed by atoms with Crippen LogP contribution in [0.5, 0.6) is 11.5 Å². The molecule has 15 heavy (non-hydrogen) atoms. The van der Waals surface area contributed by atoms with E-state index in [9.17, 15) is 9.18 Å². The average Bonchev–Trinajstić information content (AvgIpc) is 2.26. The maximum Gasteiger partial charge on any atom is 0.188 e. The zero-order chi connectivity index (χ0) is 11.3. The fourth-order valence-electron chi connectivity index (χ4n) is 1.09. The SMILES string of the molecule is COCOc1c(OC)ccc(F)c1C=O. The Labute approximate surface area is 86.6 Å². The minimum absolute atomic E-state index is 0.0503. The minimum Gasteiger partial charge on any atom is -0.493 e. The first-order chi connectivity index (χ1) is 7.24. The molecule has 0 aliphatic rings. The van der Waals surface area contributed by atoms with Gasteiger partial charge in [0.2, 0.25) is 0 Å². The van der Waals surface area contributed by atoms with Crippen LogP contribution in [0.3, 0.4) is 0 Å². The van der Waals surface area contributed by atoms with Crippen molar-refractivity contribution in [3.05, 3.63) is 23.5 Å². The summed E-state index contributed by atoms with van der Waals surface area (Å²) in [6.45, 7) is -0.0827. The van der Waals surface area contributed by atoms with Crippen molar-refractivity contribution in [3.63, 3.8) is 0 Å². The van der Waals surface area contributed by atoms with Gasteiger partial charge in [-0.15, -0.1) is 0 Å². The summed E-state index contributed by atoms with van der Waals surface area (Å²) in [5.74, 6) is -0.318. The molecule has 1 rings (SSSR count). The van der Waals surface area contributed by atoms with Crippen molar-refractivity contribution >= 4 is 6.29 Å². The van der Waals surface area contributed by atoms with Crippen LogP contribution in [0.4, 0.5) is 4.39 Å². The molecule has 0 aromatic heterocycles. The van der Waals surface area contributed by atoms with Crippen LogP contribution < -0.4 is 9.47 Å². The molecule has 0 saturated heterocycles. The molecule has 0 atom stereocenters. The monoisotopic (exact) mass is 214 g/mol. The van der Waals surface area contributed by atoms with Crippen LogP contribution in [0, 0.1) is 5.82 Å². The number of hydrogen-bond acceptors (Lipinski definition) is 4. The molecular weight excluding hydrogens is 203 g/mol. The van der Waals surface area contributed by atoms with Crippen LogP contribution in [0.1, 0.15) is 10.4 Å². The zero-order valence-corrected chi connectivity index (χ0v) is 8.45. The second-order valence-corrected chi connectivity index (χ2v) is 2.66. The van der Waals surface area contributed by atoms with Gasteiger partial charge in [0, 0.05) is 7.11 Å². The lowest BCUT2D eigenvalue weighted by Crippen LogP contribution is -2.04. The number of benzene rings is 1. The predicted molar refractivity (Wildman–Crippen MR) is 50.8 cm³/mol. The summed E-state index contributed by atoms with van der Waals surface area (Å²) in [6, 6.07) is 2.52. The van der Waals surface area contributed by atoms with Gasteiger partial charge in [0.1, 0.15) is 5.82 Å². The maximum atomic E-state index is 13.2. The first kappa shape index (κ1) is 11.5. The number of rotatable bonds is 5. The minimum atomic E-state index is -0.656. The van der Waals surface area contributed by atoms with Crippen LogP contribution in [-0.4, -0.2) is 27.3 Å². The molecule has 0 amide bonds. The fourth-order valence-corrected chi connectivity index (χ4v) is 1.09. The molecule has 1 aromatic carbocycles. The lowest BCUT2D eigenvalue weighted by Gasteiger charge is -2.11. The molecule has 82 valence electrons. The second-order valence-electron chi connectivity index (χ2n) is 2.66. The van der Waals surface area contributed by atoms with E-state index in [-0.39, 0.29) is 23.9 Å². The Morgan fingerprint density at radius 1 is 1.40 bits per heavy atom. The van der Waals surface area contributed by atoms with E-state index in [0.29, 0.717) is 6.29 Å². The van der Waals surface area contributed by atoms with Gasteiger partial charge in [-0.3, -0.25) is 4.79 Å². The van der Waals surface area contributed by atoms with E-state index in [0.717, 1.165) is 6.07 Å². The Bertz CT molecular complexity index is 352. The van der Waals surface area contributed by atoms with Crippen molar-refractivity contribution in [1.29, 1.82) is 0 Å². The summed E-state index contributed by atoms with van der Waals surface area (Å²) in [5.41, 5.74) is -0.175. The molecule has 0 unspecified atom stereocenters. The van der Waals surface area contributed by atoms with Crippen LogP contribution in [0.25, 0.3) is 0 Å². The largest absolute Gasteiger partial charge is 0.493 e. The summed E-state index contributed by atoms with van der Waals surface area (Å²) < 4.78 is 27.9. The molecule has 0 aliphatic heterocycles. The van der Waals surface area contributed by atoms with Gasteiger partial charge in [0.25, 0.3) is 0 Å². The van der Waals surface area contributed by atoms with Gasteiger partial charge < -0.3 is 14.2 Å². The Hall–Kier alpha value is -1.62. The third-order valence-electron chi connectivity index (χ3n) is 1.77. The first-order valence-corrected chi connectivity index (χ1v) is 4.18. The third-order valence-corrected chi connectivity index (χ3v) is 1.77. The molecule has 0 radical (unpaired) electrons. The summed E-state index contributed by atoms with van der Waals surface area (Å²) in [4.78, 5) is 10.7. The predicted octanol–water partition coefficient (Wildman–Crippen LogP) is 1.63. The van der Waals surface area contributed by atoms with E-state index in [1.54, 1.807) is 0 Å². The van der Waals surface area contributed by atoms with Gasteiger partial charge in [-0.1, -0.05) is 0 Å². The number of methoxy groups -OCH3 is 2. The van der Waals surface area contributed by atoms with E-state index < -0.39 is 5.82 Å². The number of hydrogen-bond donors (Lipinski definition) is 0. The number of carbonyl (C=O) groups is 1. The molecule has 1 aromatic rings. The van der Waals surface area contributed by atoms with Crippen molar-refractivity contribution < 1.29 is 23.4 Å². The average molecular weight is 214 g/mol. The smallest absolute Gasteiger partial charge is 0.188 e. The second kappa shape index (κ2) is 5.31. The van der Waals surface area contributed by atoms with Gasteiger partial charge >= 0.3 is 0 Å². The maximum absolute atomic E-state index is 13.2. The Morgan fingerprint density at radius 2 is 2.13 bits per heavy atom. The first-order valence-electron chi connectivity index (χ1n) is 4.18. The molecule has 0 fully saturated rings. The standard InChI is InChI=1S/C10H11FO4/c1-13-6-15-10-7(5-12)8(11)3-4-9(10)14-2/h3-5H,6H2,1-2H3. The summed E-state index contributed by atoms with van der Waals surface area (Å²) >= 11 is 0. The molecular formula is C10H11FO4. The van der Waals surface area contributed by atoms with Gasteiger partial charge in [-0.2, -0.15) is 0 Å². The highest BCUT2D eigenvalue weighted by Gasteiger charge is 2.14. The molecule has 0 aliphatic carbocycles. The van der Waals surface area contributed by atoms with Gasteiger partial charge in [0.15, 0.2) is 24.6 Å². The van der Waals surface area contributed by atoms with Gasteiger partial charge in [-0.25, -0.2) is 4.39 Å². The van der Waals surface area contributed by atoms with Crippen molar-refractivity contribution in [3.8, 4) is 11.5 Å². The quantitative estimate of drug-likeness (QED) is 0.552. The molecule has 4 nitrogen and oxygen atoms in total. The lowest BCUT2D eigenvalue weighted by molar-refractivity contribution is 0.0483. The Kier molecular flexibility index (Phi) is 4.05. The van der Waals surface area contributed by atoms with Crippen molar-refractivity contribution in [1.82, 2.24) is 0 Å². The molecule has 0 saturated carbocycles. The number of ether oxygens (including phenoxy) is 3. The van der Waals surface area contributed by atoms with Gasteiger partial charge in [-0.05, 0) is 12.1 Å². The summed E-state index contributed by atoms with van der Waals surface area (Å²) in [7, 11) is 2.83. The highest BCUT2D eigenvalue weighted by molar-refractivity contribution is 5.81. The van der Waals surface area contributed by atoms with E-state index >= 15 is 0 Å². The van der Waals surface area contributed by atoms with Crippen LogP contribution in [-0.2, 0) is 4.74 Å². The highest BCUT2D eigenvalue weighted by Crippen LogP contribution is 2.31. The van der Waals surface area contributed by atoms with Gasteiger partial charge in [0.05, 0.1) is 12.7 Å². The van der Waals surface area contributed by atoms with Crippen LogP contribution in [0.2, 0.25) is 0 Å². The zero-order valence-electron chi connectivity index (χ0n) is 8.45. The fraction of sp³-hybridized carbons (Fsp3) is 0.300. The molecule has 5 heteroatoms. The number of aldehydes is 1. The molecule has 0 N–H and O–H groups in total. The molecule has 0 spiro atoms. The molecule has 0 bridgehead atoms. The Balaban J connectivity index is 3.14. The highest BCUT2D eigenvalue weighted by atomic mass is 19.1. The summed E-state index contributed by atoms with van der Waals surface area (Å²) in [6.07, 6.45) is 0.378. The summed E-state index contributed by atoms with van der Waals surface area (Å²) in [5, 5.41) is 0. The van der Waals surface area contributed by atoms with Crippen LogP contribution >= 0.6 is 0 Å². The third kappa shape index (κ3) is 2.44. The van der Waals surface area contributed by atoms with Crippen LogP contribution in [0.15, 0.2) is 12.1 Å². The molecule has 0 heterocycles. The Morgan fingerprint density at radius 3 is 2.67 bits per heavy atom. The number of halogens is 1.